The zero-order valence-corrected chi connectivity index (χ0v) is 25.2. The van der Waals surface area contributed by atoms with Gasteiger partial charge in [-0.05, 0) is 55.2 Å². The molecule has 1 unspecified atom stereocenters. The number of nitrogens with one attached hydrogen (secondary N) is 1. The van der Waals surface area contributed by atoms with Crippen LogP contribution in [0.1, 0.15) is 38.3 Å². The first kappa shape index (κ1) is 30.4. The van der Waals surface area contributed by atoms with Crippen LogP contribution in [0.3, 0.4) is 0 Å². The van der Waals surface area contributed by atoms with Crippen molar-refractivity contribution in [2.24, 2.45) is 5.92 Å². The van der Waals surface area contributed by atoms with E-state index in [9.17, 15) is 18.0 Å². The van der Waals surface area contributed by atoms with Gasteiger partial charge in [0.2, 0.25) is 11.8 Å². The molecule has 0 aromatic heterocycles. The van der Waals surface area contributed by atoms with Gasteiger partial charge in [-0.3, -0.25) is 13.9 Å². The van der Waals surface area contributed by atoms with Crippen LogP contribution in [-0.2, 0) is 26.2 Å². The number of carbonyl (C=O) groups is 2. The van der Waals surface area contributed by atoms with Crippen LogP contribution in [0.4, 0.5) is 5.69 Å². The summed E-state index contributed by atoms with van der Waals surface area (Å²) in [5.74, 6) is -0.482. The molecule has 1 N–H and O–H groups in total. The lowest BCUT2D eigenvalue weighted by molar-refractivity contribution is -0.140. The second-order valence-electron chi connectivity index (χ2n) is 9.87. The quantitative estimate of drug-likeness (QED) is 0.291. The number of benzene rings is 3. The first-order valence-corrected chi connectivity index (χ1v) is 15.2. The van der Waals surface area contributed by atoms with Crippen LogP contribution in [0.25, 0.3) is 0 Å². The molecule has 208 valence electrons. The van der Waals surface area contributed by atoms with Gasteiger partial charge in [-0.2, -0.15) is 0 Å². The number of carbonyl (C=O) groups excluding carboxylic acids is 2. The van der Waals surface area contributed by atoms with Crippen LogP contribution in [0.5, 0.6) is 0 Å². The van der Waals surface area contributed by atoms with Crippen molar-refractivity contribution in [3.63, 3.8) is 0 Å². The van der Waals surface area contributed by atoms with E-state index in [-0.39, 0.29) is 23.3 Å². The van der Waals surface area contributed by atoms with E-state index < -0.39 is 28.5 Å². The van der Waals surface area contributed by atoms with Crippen molar-refractivity contribution in [3.8, 4) is 0 Å². The molecule has 3 aromatic carbocycles. The maximum Gasteiger partial charge on any atom is 0.264 e. The zero-order chi connectivity index (χ0) is 28.6. The molecule has 3 rings (SSSR count). The number of rotatable bonds is 12. The lowest BCUT2D eigenvalue weighted by Crippen LogP contribution is -2.52. The molecule has 7 nitrogen and oxygen atoms in total. The number of amides is 2. The lowest BCUT2D eigenvalue weighted by Gasteiger charge is -2.33. The Morgan fingerprint density at radius 1 is 0.949 bits per heavy atom. The second-order valence-corrected chi connectivity index (χ2v) is 12.7. The Morgan fingerprint density at radius 3 is 2.21 bits per heavy atom. The van der Waals surface area contributed by atoms with Crippen LogP contribution in [0, 0.1) is 12.8 Å². The number of sulfonamides is 1. The Bertz CT molecular complexity index is 1360. The van der Waals surface area contributed by atoms with E-state index in [0.29, 0.717) is 23.1 Å². The third kappa shape index (κ3) is 8.16. The molecule has 0 spiro atoms. The molecule has 0 heterocycles. The van der Waals surface area contributed by atoms with Gasteiger partial charge in [0.1, 0.15) is 12.6 Å². The van der Waals surface area contributed by atoms with E-state index in [1.807, 2.05) is 52.0 Å². The van der Waals surface area contributed by atoms with Crippen molar-refractivity contribution >= 4 is 43.5 Å². The molecule has 1 atom stereocenters. The number of halogens is 1. The van der Waals surface area contributed by atoms with Crippen LogP contribution in [0.2, 0.25) is 0 Å². The topological polar surface area (TPSA) is 86.8 Å². The average Bonchev–Trinajstić information content (AvgIpc) is 2.91. The Morgan fingerprint density at radius 2 is 1.62 bits per heavy atom. The van der Waals surface area contributed by atoms with Crippen molar-refractivity contribution in [3.05, 3.63) is 94.5 Å². The summed E-state index contributed by atoms with van der Waals surface area (Å²) < 4.78 is 29.4. The molecule has 0 aliphatic carbocycles. The molecule has 0 saturated carbocycles. The molecule has 2 amide bonds. The summed E-state index contributed by atoms with van der Waals surface area (Å²) in [6.07, 6.45) is 0.379. The molecule has 0 aliphatic heterocycles. The number of nitrogens with zero attached hydrogens (tertiary/aromatic N) is 2. The molecule has 0 fully saturated rings. The first-order chi connectivity index (χ1) is 18.5. The monoisotopic (exact) mass is 613 g/mol. The Kier molecular flexibility index (Phi) is 10.7. The highest BCUT2D eigenvalue weighted by atomic mass is 79.9. The van der Waals surface area contributed by atoms with Crippen LogP contribution in [0.15, 0.2) is 88.2 Å². The number of hydrogen-bond donors (Lipinski definition) is 1. The second kappa shape index (κ2) is 13.8. The third-order valence-corrected chi connectivity index (χ3v) is 8.53. The van der Waals surface area contributed by atoms with Crippen LogP contribution >= 0.6 is 15.9 Å². The minimum Gasteiger partial charge on any atom is -0.354 e. The van der Waals surface area contributed by atoms with Gasteiger partial charge in [0.25, 0.3) is 10.0 Å². The largest absolute Gasteiger partial charge is 0.354 e. The standard InChI is InChI=1S/C30H36BrN3O4S/c1-5-28(30(36)32-19-22(2)3)33(20-24-16-14-23(4)15-17-24)29(35)21-34(26-11-9-10-25(31)18-26)39(37,38)27-12-7-6-8-13-27/h6-18,22,28H,5,19-21H2,1-4H3,(H,32,36). The molecule has 0 aliphatic rings. The van der Waals surface area contributed by atoms with Crippen LogP contribution in [-0.4, -0.2) is 44.3 Å². The van der Waals surface area contributed by atoms with Gasteiger partial charge < -0.3 is 10.2 Å². The SMILES string of the molecule is CCC(C(=O)NCC(C)C)N(Cc1ccc(C)cc1)C(=O)CN(c1cccc(Br)c1)S(=O)(=O)c1ccccc1. The number of aryl methyl sites for hydroxylation is 1. The lowest BCUT2D eigenvalue weighted by atomic mass is 10.1. The minimum atomic E-state index is -4.09. The molecular weight excluding hydrogens is 578 g/mol. The summed E-state index contributed by atoms with van der Waals surface area (Å²) in [6.45, 7) is 8.01. The summed E-state index contributed by atoms with van der Waals surface area (Å²) in [5, 5.41) is 2.94. The zero-order valence-electron chi connectivity index (χ0n) is 22.8. The van der Waals surface area contributed by atoms with Gasteiger partial charge >= 0.3 is 0 Å². The summed E-state index contributed by atoms with van der Waals surface area (Å²) in [5.41, 5.74) is 2.27. The molecule has 3 aromatic rings. The fraction of sp³-hybridized carbons (Fsp3) is 0.333. The van der Waals surface area contributed by atoms with Crippen molar-refractivity contribution in [2.45, 2.75) is 51.6 Å². The normalized spacial score (nSPS) is 12.2. The average molecular weight is 615 g/mol. The molecular formula is C30H36BrN3O4S. The fourth-order valence-electron chi connectivity index (χ4n) is 4.11. The van der Waals surface area contributed by atoms with Crippen molar-refractivity contribution in [1.82, 2.24) is 10.2 Å². The summed E-state index contributed by atoms with van der Waals surface area (Å²) in [4.78, 5) is 28.8. The van der Waals surface area contributed by atoms with Crippen molar-refractivity contribution < 1.29 is 18.0 Å². The highest BCUT2D eigenvalue weighted by Gasteiger charge is 2.33. The maximum atomic E-state index is 14.0. The Balaban J connectivity index is 2.03. The molecule has 0 bridgehead atoms. The van der Waals surface area contributed by atoms with Gasteiger partial charge in [-0.15, -0.1) is 0 Å². The number of anilines is 1. The van der Waals surface area contributed by atoms with Crippen molar-refractivity contribution in [1.29, 1.82) is 0 Å². The van der Waals surface area contributed by atoms with Gasteiger partial charge in [-0.25, -0.2) is 8.42 Å². The highest BCUT2D eigenvalue weighted by molar-refractivity contribution is 9.10. The van der Waals surface area contributed by atoms with E-state index in [4.69, 9.17) is 0 Å². The summed E-state index contributed by atoms with van der Waals surface area (Å²) in [6, 6.07) is 21.8. The fourth-order valence-corrected chi connectivity index (χ4v) is 5.93. The summed E-state index contributed by atoms with van der Waals surface area (Å²) in [7, 11) is -4.09. The molecule has 39 heavy (non-hydrogen) atoms. The van der Waals surface area contributed by atoms with E-state index in [1.165, 1.54) is 17.0 Å². The highest BCUT2D eigenvalue weighted by Crippen LogP contribution is 2.27. The smallest absolute Gasteiger partial charge is 0.264 e. The van der Waals surface area contributed by atoms with Gasteiger partial charge in [0, 0.05) is 17.6 Å². The minimum absolute atomic E-state index is 0.0737. The predicted octanol–water partition coefficient (Wildman–Crippen LogP) is 5.53. The van der Waals surface area contributed by atoms with E-state index in [0.717, 1.165) is 15.4 Å². The third-order valence-electron chi connectivity index (χ3n) is 6.25. The molecule has 0 radical (unpaired) electrons. The summed E-state index contributed by atoms with van der Waals surface area (Å²) >= 11 is 3.41. The maximum absolute atomic E-state index is 14.0. The van der Waals surface area contributed by atoms with Gasteiger partial charge in [-0.1, -0.05) is 90.8 Å². The molecule has 9 heteroatoms. The first-order valence-electron chi connectivity index (χ1n) is 13.0. The number of hydrogen-bond acceptors (Lipinski definition) is 4. The Labute approximate surface area is 240 Å². The van der Waals surface area contributed by atoms with Crippen molar-refractivity contribution in [2.75, 3.05) is 17.4 Å². The van der Waals surface area contributed by atoms with E-state index in [2.05, 4.69) is 21.2 Å². The van der Waals surface area contributed by atoms with E-state index >= 15 is 0 Å². The Hall–Kier alpha value is -3.17. The predicted molar refractivity (Wildman–Crippen MR) is 159 cm³/mol. The molecule has 0 saturated heterocycles. The van der Waals surface area contributed by atoms with Crippen LogP contribution < -0.4 is 9.62 Å². The van der Waals surface area contributed by atoms with E-state index in [1.54, 1.807) is 42.5 Å². The van der Waals surface area contributed by atoms with Gasteiger partial charge in [0.05, 0.1) is 10.6 Å². The van der Waals surface area contributed by atoms with Gasteiger partial charge in [0.15, 0.2) is 0 Å².